The lowest BCUT2D eigenvalue weighted by Crippen LogP contribution is -2.10. The molecule has 1 heterocycles. The summed E-state index contributed by atoms with van der Waals surface area (Å²) in [6.07, 6.45) is 4.62. The van der Waals surface area contributed by atoms with E-state index in [-0.39, 0.29) is 0 Å². The van der Waals surface area contributed by atoms with Crippen LogP contribution in [0.1, 0.15) is 31.9 Å². The van der Waals surface area contributed by atoms with E-state index in [1.165, 1.54) is 0 Å². The fourth-order valence-electron chi connectivity index (χ4n) is 1.95. The van der Waals surface area contributed by atoms with Crippen LogP contribution in [0.2, 0.25) is 5.02 Å². The zero-order valence-electron chi connectivity index (χ0n) is 8.20. The van der Waals surface area contributed by atoms with Gasteiger partial charge in [0.05, 0.1) is 10.7 Å². The molecule has 2 atom stereocenters. The maximum absolute atomic E-state index is 10.2. The normalized spacial score (nSPS) is 30.4. The van der Waals surface area contributed by atoms with E-state index in [1.807, 2.05) is 6.07 Å². The van der Waals surface area contributed by atoms with Crippen LogP contribution in [0.5, 0.6) is 0 Å². The van der Waals surface area contributed by atoms with E-state index < -0.39 is 5.60 Å². The van der Waals surface area contributed by atoms with E-state index in [4.69, 9.17) is 11.6 Å². The molecular weight excluding hydrogens is 198 g/mol. The van der Waals surface area contributed by atoms with Crippen molar-refractivity contribution < 1.29 is 5.11 Å². The minimum Gasteiger partial charge on any atom is -0.383 e. The second-order valence-electron chi connectivity index (χ2n) is 3.98. The number of nitrogens with zero attached hydrogens (tertiary/aromatic N) is 1. The fourth-order valence-corrected chi connectivity index (χ4v) is 2.06. The van der Waals surface area contributed by atoms with Gasteiger partial charge in [-0.3, -0.25) is 4.98 Å². The van der Waals surface area contributed by atoms with Crippen molar-refractivity contribution in [3.63, 3.8) is 0 Å². The van der Waals surface area contributed by atoms with Crippen molar-refractivity contribution in [1.82, 2.24) is 4.98 Å². The molecule has 0 radical (unpaired) electrons. The van der Waals surface area contributed by atoms with Crippen LogP contribution in [0, 0.1) is 5.92 Å². The quantitative estimate of drug-likeness (QED) is 0.834. The highest BCUT2D eigenvalue weighted by molar-refractivity contribution is 6.30. The molecule has 1 aromatic heterocycles. The van der Waals surface area contributed by atoms with Gasteiger partial charge in [-0.2, -0.15) is 0 Å². The van der Waals surface area contributed by atoms with Gasteiger partial charge in [0, 0.05) is 6.20 Å². The van der Waals surface area contributed by atoms with Crippen molar-refractivity contribution in [1.29, 1.82) is 0 Å². The molecule has 1 aliphatic rings. The lowest BCUT2D eigenvalue weighted by molar-refractivity contribution is 0.124. The Labute approximate surface area is 88.9 Å². The molecule has 0 saturated heterocycles. The Morgan fingerprint density at radius 1 is 1.64 bits per heavy atom. The smallest absolute Gasteiger partial charge is 0.110 e. The maximum atomic E-state index is 10.2. The monoisotopic (exact) mass is 211 g/mol. The van der Waals surface area contributed by atoms with Crippen molar-refractivity contribution >= 4 is 11.6 Å². The maximum Gasteiger partial charge on any atom is 0.110 e. The molecule has 0 spiro atoms. The minimum absolute atomic E-state index is 0.390. The fraction of sp³-hybridized carbons (Fsp3) is 0.545. The Balaban J connectivity index is 2.13. The average Bonchev–Trinajstić information content (AvgIpc) is 2.80. The van der Waals surface area contributed by atoms with E-state index >= 15 is 0 Å². The molecule has 1 fully saturated rings. The first kappa shape index (κ1) is 9.94. The molecule has 3 heteroatoms. The Bertz CT molecular complexity index is 325. The zero-order valence-corrected chi connectivity index (χ0v) is 8.96. The first-order valence-electron chi connectivity index (χ1n) is 5.01. The van der Waals surface area contributed by atoms with Crippen LogP contribution in [-0.2, 0) is 5.60 Å². The van der Waals surface area contributed by atoms with Gasteiger partial charge in [0.25, 0.3) is 0 Å². The standard InChI is InChI=1S/C11H14ClNO/c1-2-3-8-6-11(8,14)10-5-4-9(12)7-13-10/h4-5,7-8,14H,2-3,6H2,1H3. The molecular formula is C11H14ClNO. The van der Waals surface area contributed by atoms with Gasteiger partial charge in [0.15, 0.2) is 0 Å². The van der Waals surface area contributed by atoms with Gasteiger partial charge in [-0.05, 0) is 30.9 Å². The van der Waals surface area contributed by atoms with E-state index in [0.717, 1.165) is 25.0 Å². The van der Waals surface area contributed by atoms with E-state index in [2.05, 4.69) is 11.9 Å². The number of aliphatic hydroxyl groups is 1. The molecule has 1 aromatic rings. The summed E-state index contributed by atoms with van der Waals surface area (Å²) in [6.45, 7) is 2.13. The molecule has 1 aliphatic carbocycles. The highest BCUT2D eigenvalue weighted by Gasteiger charge is 2.54. The zero-order chi connectivity index (χ0) is 10.2. The summed E-state index contributed by atoms with van der Waals surface area (Å²) in [5, 5.41) is 10.8. The van der Waals surface area contributed by atoms with Crippen LogP contribution in [0.3, 0.4) is 0 Å². The third-order valence-electron chi connectivity index (χ3n) is 2.88. The topological polar surface area (TPSA) is 33.1 Å². The molecule has 76 valence electrons. The third kappa shape index (κ3) is 1.64. The molecule has 0 aliphatic heterocycles. The largest absolute Gasteiger partial charge is 0.383 e. The van der Waals surface area contributed by atoms with Crippen LogP contribution in [0.4, 0.5) is 0 Å². The molecule has 2 unspecified atom stereocenters. The number of hydrogen-bond acceptors (Lipinski definition) is 2. The summed E-state index contributed by atoms with van der Waals surface area (Å²) in [5.41, 5.74) is 0.0981. The van der Waals surface area contributed by atoms with Gasteiger partial charge in [-0.25, -0.2) is 0 Å². The summed E-state index contributed by atoms with van der Waals surface area (Å²) in [4.78, 5) is 4.16. The van der Waals surface area contributed by atoms with Crippen LogP contribution >= 0.6 is 11.6 Å². The van der Waals surface area contributed by atoms with Crippen LogP contribution in [-0.4, -0.2) is 10.1 Å². The summed E-state index contributed by atoms with van der Waals surface area (Å²) < 4.78 is 0. The van der Waals surface area contributed by atoms with Crippen LogP contribution in [0.25, 0.3) is 0 Å². The molecule has 0 bridgehead atoms. The SMILES string of the molecule is CCCC1CC1(O)c1ccc(Cl)cn1. The van der Waals surface area contributed by atoms with Gasteiger partial charge < -0.3 is 5.11 Å². The van der Waals surface area contributed by atoms with Crippen LogP contribution < -0.4 is 0 Å². The van der Waals surface area contributed by atoms with Gasteiger partial charge in [0.1, 0.15) is 5.60 Å². The summed E-state index contributed by atoms with van der Waals surface area (Å²) >= 11 is 5.74. The van der Waals surface area contributed by atoms with Gasteiger partial charge in [-0.15, -0.1) is 0 Å². The Hall–Kier alpha value is -0.600. The lowest BCUT2D eigenvalue weighted by Gasteiger charge is -2.09. The molecule has 0 aromatic carbocycles. The summed E-state index contributed by atoms with van der Waals surface area (Å²) in [5.74, 6) is 0.390. The lowest BCUT2D eigenvalue weighted by atomic mass is 10.1. The van der Waals surface area contributed by atoms with Gasteiger partial charge in [0.2, 0.25) is 0 Å². The molecule has 2 rings (SSSR count). The van der Waals surface area contributed by atoms with Crippen molar-refractivity contribution in [2.45, 2.75) is 31.8 Å². The summed E-state index contributed by atoms with van der Waals surface area (Å²) in [7, 11) is 0. The molecule has 0 amide bonds. The Morgan fingerprint density at radius 2 is 2.43 bits per heavy atom. The number of rotatable bonds is 3. The van der Waals surface area contributed by atoms with Crippen molar-refractivity contribution in [2.75, 3.05) is 0 Å². The molecule has 1 saturated carbocycles. The van der Waals surface area contributed by atoms with Crippen molar-refractivity contribution in [3.05, 3.63) is 29.0 Å². The number of pyridine rings is 1. The molecule has 2 nitrogen and oxygen atoms in total. The molecule has 14 heavy (non-hydrogen) atoms. The van der Waals surface area contributed by atoms with E-state index in [0.29, 0.717) is 10.9 Å². The molecule has 1 N–H and O–H groups in total. The number of aromatic nitrogens is 1. The second kappa shape index (κ2) is 3.52. The first-order valence-corrected chi connectivity index (χ1v) is 5.39. The Kier molecular flexibility index (Phi) is 2.50. The predicted molar refractivity (Wildman–Crippen MR) is 56.2 cm³/mol. The van der Waals surface area contributed by atoms with Crippen molar-refractivity contribution in [2.24, 2.45) is 5.92 Å². The van der Waals surface area contributed by atoms with Crippen LogP contribution in [0.15, 0.2) is 18.3 Å². The second-order valence-corrected chi connectivity index (χ2v) is 4.41. The predicted octanol–water partition coefficient (Wildman–Crippen LogP) is 2.74. The average molecular weight is 212 g/mol. The summed E-state index contributed by atoms with van der Waals surface area (Å²) in [6, 6.07) is 3.60. The van der Waals surface area contributed by atoms with E-state index in [1.54, 1.807) is 12.3 Å². The third-order valence-corrected chi connectivity index (χ3v) is 3.10. The van der Waals surface area contributed by atoms with Crippen molar-refractivity contribution in [3.8, 4) is 0 Å². The van der Waals surface area contributed by atoms with E-state index in [9.17, 15) is 5.11 Å². The van der Waals surface area contributed by atoms with Gasteiger partial charge in [-0.1, -0.05) is 24.9 Å². The highest BCUT2D eigenvalue weighted by atomic mass is 35.5. The number of hydrogen-bond donors (Lipinski definition) is 1. The Morgan fingerprint density at radius 3 is 3.00 bits per heavy atom. The highest BCUT2D eigenvalue weighted by Crippen LogP contribution is 2.53. The number of halogens is 1. The minimum atomic E-state index is -0.666. The van der Waals surface area contributed by atoms with Gasteiger partial charge >= 0.3 is 0 Å². The first-order chi connectivity index (χ1) is 6.66.